The van der Waals surface area contributed by atoms with Crippen LogP contribution in [0.1, 0.15) is 5.56 Å². The lowest BCUT2D eigenvalue weighted by Crippen LogP contribution is -2.42. The molecule has 0 aliphatic carbocycles. The average molecular weight is 286 g/mol. The van der Waals surface area contributed by atoms with Gasteiger partial charge in [-0.1, -0.05) is 6.07 Å². The van der Waals surface area contributed by atoms with Crippen molar-refractivity contribution in [3.8, 4) is 0 Å². The molecule has 3 unspecified atom stereocenters. The molecule has 0 amide bonds. The molecule has 0 saturated carbocycles. The molecule has 1 aromatic carbocycles. The number of aliphatic hydroxyl groups is 4. The molecular weight excluding hydrogens is 268 g/mol. The molecular formula is C12H18N2O6. The van der Waals surface area contributed by atoms with Gasteiger partial charge in [0.2, 0.25) is 0 Å². The van der Waals surface area contributed by atoms with E-state index in [1.54, 1.807) is 19.1 Å². The molecule has 0 radical (unpaired) electrons. The average Bonchev–Trinajstić information content (AvgIpc) is 2.43. The van der Waals surface area contributed by atoms with Crippen LogP contribution in [0.3, 0.4) is 0 Å². The van der Waals surface area contributed by atoms with Crippen molar-refractivity contribution in [1.82, 2.24) is 0 Å². The number of hydrogen-bond acceptors (Lipinski definition) is 7. The van der Waals surface area contributed by atoms with Crippen LogP contribution in [-0.2, 0) is 0 Å². The third-order valence-electron chi connectivity index (χ3n) is 2.90. The van der Waals surface area contributed by atoms with Crippen molar-refractivity contribution >= 4 is 11.4 Å². The zero-order chi connectivity index (χ0) is 15.3. The number of nitro benzene ring substituents is 1. The van der Waals surface area contributed by atoms with Gasteiger partial charge in [0.15, 0.2) is 0 Å². The molecule has 0 saturated heterocycles. The Hall–Kier alpha value is -1.74. The lowest BCUT2D eigenvalue weighted by atomic mass is 10.1. The Labute approximate surface area is 115 Å². The van der Waals surface area contributed by atoms with Crippen molar-refractivity contribution < 1.29 is 25.3 Å². The van der Waals surface area contributed by atoms with Crippen LogP contribution < -0.4 is 5.32 Å². The zero-order valence-corrected chi connectivity index (χ0v) is 10.9. The minimum Gasteiger partial charge on any atom is -0.394 e. The summed E-state index contributed by atoms with van der Waals surface area (Å²) >= 11 is 0. The van der Waals surface area contributed by atoms with Gasteiger partial charge in [-0.2, -0.15) is 0 Å². The van der Waals surface area contributed by atoms with Gasteiger partial charge in [-0.15, -0.1) is 0 Å². The second kappa shape index (κ2) is 7.15. The van der Waals surface area contributed by atoms with Crippen LogP contribution in [0.2, 0.25) is 0 Å². The smallest absolute Gasteiger partial charge is 0.274 e. The van der Waals surface area contributed by atoms with Crippen molar-refractivity contribution in [1.29, 1.82) is 0 Å². The number of aliphatic hydroxyl groups excluding tert-OH is 4. The van der Waals surface area contributed by atoms with E-state index in [9.17, 15) is 25.4 Å². The highest BCUT2D eigenvalue weighted by molar-refractivity contribution is 5.54. The van der Waals surface area contributed by atoms with Crippen LogP contribution in [0.4, 0.5) is 11.4 Å². The van der Waals surface area contributed by atoms with Gasteiger partial charge < -0.3 is 25.7 Å². The van der Waals surface area contributed by atoms with E-state index in [2.05, 4.69) is 5.32 Å². The fraction of sp³-hybridized carbons (Fsp3) is 0.500. The summed E-state index contributed by atoms with van der Waals surface area (Å²) in [6.45, 7) is 0.810. The molecule has 0 aliphatic heterocycles. The molecule has 3 atom stereocenters. The Morgan fingerprint density at radius 2 is 1.95 bits per heavy atom. The minimum atomic E-state index is -1.51. The van der Waals surface area contributed by atoms with Crippen molar-refractivity contribution in [3.63, 3.8) is 0 Å². The van der Waals surface area contributed by atoms with Crippen LogP contribution in [0.25, 0.3) is 0 Å². The summed E-state index contributed by atoms with van der Waals surface area (Å²) in [5.74, 6) is 0. The second-order valence-corrected chi connectivity index (χ2v) is 4.45. The fourth-order valence-electron chi connectivity index (χ4n) is 1.62. The largest absolute Gasteiger partial charge is 0.394 e. The number of rotatable bonds is 7. The summed E-state index contributed by atoms with van der Waals surface area (Å²) in [4.78, 5) is 10.3. The second-order valence-electron chi connectivity index (χ2n) is 4.45. The topological polar surface area (TPSA) is 136 Å². The van der Waals surface area contributed by atoms with Gasteiger partial charge in [-0.25, -0.2) is 0 Å². The SMILES string of the molecule is Cc1ccc(NCC(O)C(O)C(O)CO)cc1[N+](=O)[O-]. The number of aryl methyl sites for hydroxylation is 1. The first-order chi connectivity index (χ1) is 9.36. The number of anilines is 1. The number of nitro groups is 1. The van der Waals surface area contributed by atoms with Gasteiger partial charge in [-0.05, 0) is 13.0 Å². The Bertz CT molecular complexity index is 467. The molecule has 0 spiro atoms. The monoisotopic (exact) mass is 286 g/mol. The lowest BCUT2D eigenvalue weighted by Gasteiger charge is -2.22. The highest BCUT2D eigenvalue weighted by Crippen LogP contribution is 2.22. The molecule has 1 rings (SSSR count). The maximum absolute atomic E-state index is 10.8. The molecule has 0 heterocycles. The fourth-order valence-corrected chi connectivity index (χ4v) is 1.62. The molecule has 5 N–H and O–H groups in total. The summed E-state index contributed by atoms with van der Waals surface area (Å²) in [6, 6.07) is 4.48. The van der Waals surface area contributed by atoms with Gasteiger partial charge in [0.05, 0.1) is 17.6 Å². The van der Waals surface area contributed by atoms with Gasteiger partial charge >= 0.3 is 0 Å². The summed E-state index contributed by atoms with van der Waals surface area (Å²) in [6.07, 6.45) is -4.27. The molecule has 112 valence electrons. The van der Waals surface area contributed by atoms with E-state index in [0.717, 1.165) is 0 Å². The van der Waals surface area contributed by atoms with E-state index in [1.807, 2.05) is 0 Å². The molecule has 0 bridgehead atoms. The Kier molecular flexibility index (Phi) is 5.83. The van der Waals surface area contributed by atoms with Crippen molar-refractivity contribution in [3.05, 3.63) is 33.9 Å². The number of nitrogens with zero attached hydrogens (tertiary/aromatic N) is 1. The van der Waals surface area contributed by atoms with E-state index in [1.165, 1.54) is 6.07 Å². The van der Waals surface area contributed by atoms with E-state index in [4.69, 9.17) is 5.11 Å². The van der Waals surface area contributed by atoms with E-state index in [-0.39, 0.29) is 12.2 Å². The third kappa shape index (κ3) is 4.14. The van der Waals surface area contributed by atoms with Crippen molar-refractivity contribution in [2.75, 3.05) is 18.5 Å². The van der Waals surface area contributed by atoms with Crippen LogP contribution in [0.5, 0.6) is 0 Å². The standard InChI is InChI=1S/C12H18N2O6/c1-7-2-3-8(4-9(7)14(19)20)13-5-10(16)12(18)11(17)6-15/h2-4,10-13,15-18H,5-6H2,1H3. The molecule has 20 heavy (non-hydrogen) atoms. The maximum atomic E-state index is 10.8. The Morgan fingerprint density at radius 1 is 1.30 bits per heavy atom. The number of benzene rings is 1. The van der Waals surface area contributed by atoms with E-state index in [0.29, 0.717) is 11.3 Å². The van der Waals surface area contributed by atoms with Crippen LogP contribution in [0, 0.1) is 17.0 Å². The summed E-state index contributed by atoms with van der Waals surface area (Å²) in [5, 5.41) is 50.4. The Morgan fingerprint density at radius 3 is 2.50 bits per heavy atom. The first kappa shape index (κ1) is 16.3. The minimum absolute atomic E-state index is 0.0552. The van der Waals surface area contributed by atoms with Gasteiger partial charge in [0.25, 0.3) is 5.69 Å². The molecule has 0 aliphatic rings. The number of nitrogens with one attached hydrogen (secondary N) is 1. The molecule has 8 heteroatoms. The molecule has 8 nitrogen and oxygen atoms in total. The van der Waals surface area contributed by atoms with Crippen molar-refractivity contribution in [2.45, 2.75) is 25.2 Å². The first-order valence-corrected chi connectivity index (χ1v) is 6.00. The van der Waals surface area contributed by atoms with Gasteiger partial charge in [0.1, 0.15) is 12.2 Å². The van der Waals surface area contributed by atoms with Crippen LogP contribution >= 0.6 is 0 Å². The highest BCUT2D eigenvalue weighted by atomic mass is 16.6. The van der Waals surface area contributed by atoms with E-state index >= 15 is 0 Å². The summed E-state index contributed by atoms with van der Waals surface area (Å²) in [7, 11) is 0. The Balaban J connectivity index is 2.66. The number of hydrogen-bond donors (Lipinski definition) is 5. The van der Waals surface area contributed by atoms with Crippen LogP contribution in [0.15, 0.2) is 18.2 Å². The zero-order valence-electron chi connectivity index (χ0n) is 10.9. The molecule has 0 fully saturated rings. The summed E-state index contributed by atoms with van der Waals surface area (Å²) < 4.78 is 0. The predicted molar refractivity (Wildman–Crippen MR) is 71.4 cm³/mol. The third-order valence-corrected chi connectivity index (χ3v) is 2.90. The van der Waals surface area contributed by atoms with Gasteiger partial charge in [-0.3, -0.25) is 10.1 Å². The maximum Gasteiger partial charge on any atom is 0.274 e. The normalized spacial score (nSPS) is 15.4. The lowest BCUT2D eigenvalue weighted by molar-refractivity contribution is -0.385. The van der Waals surface area contributed by atoms with Crippen LogP contribution in [-0.4, -0.2) is 56.8 Å². The molecule has 0 aromatic heterocycles. The summed E-state index contributed by atoms with van der Waals surface area (Å²) in [5.41, 5.74) is 0.865. The molecule has 1 aromatic rings. The predicted octanol–water partition coefficient (Wildman–Crippen LogP) is -0.610. The van der Waals surface area contributed by atoms with Crippen molar-refractivity contribution in [2.24, 2.45) is 0 Å². The van der Waals surface area contributed by atoms with E-state index < -0.39 is 29.8 Å². The van der Waals surface area contributed by atoms with Gasteiger partial charge in [0, 0.05) is 23.9 Å². The first-order valence-electron chi connectivity index (χ1n) is 6.00. The highest BCUT2D eigenvalue weighted by Gasteiger charge is 2.23. The quantitative estimate of drug-likeness (QED) is 0.333.